The summed E-state index contributed by atoms with van der Waals surface area (Å²) in [6, 6.07) is 14.2. The number of hydrogen-bond acceptors (Lipinski definition) is 4. The molecule has 0 unspecified atom stereocenters. The van der Waals surface area contributed by atoms with Gasteiger partial charge in [0.15, 0.2) is 9.84 Å². The van der Waals surface area contributed by atoms with Crippen LogP contribution in [0.3, 0.4) is 0 Å². The van der Waals surface area contributed by atoms with Crippen molar-refractivity contribution in [3.8, 4) is 5.75 Å². The Balaban J connectivity index is 2.21. The van der Waals surface area contributed by atoms with E-state index in [2.05, 4.69) is 12.2 Å². The topological polar surface area (TPSA) is 66.4 Å². The minimum atomic E-state index is -3.46. The van der Waals surface area contributed by atoms with Gasteiger partial charge in [-0.25, -0.2) is 8.42 Å². The number of benzene rings is 2. The largest absolute Gasteiger partial charge is 0.508 e. The van der Waals surface area contributed by atoms with E-state index in [4.69, 9.17) is 0 Å². The van der Waals surface area contributed by atoms with Crippen LogP contribution in [0.5, 0.6) is 5.75 Å². The third kappa shape index (κ3) is 3.64. The summed E-state index contributed by atoms with van der Waals surface area (Å²) in [5.41, 5.74) is 1.15. The van der Waals surface area contributed by atoms with Gasteiger partial charge in [-0.2, -0.15) is 0 Å². The van der Waals surface area contributed by atoms with Gasteiger partial charge in [-0.15, -0.1) is 0 Å². The van der Waals surface area contributed by atoms with Crippen LogP contribution >= 0.6 is 0 Å². The monoisotopic (exact) mass is 373 g/mol. The summed E-state index contributed by atoms with van der Waals surface area (Å²) in [5, 5.41) is 13.7. The maximum Gasteiger partial charge on any atom is 0.180 e. The van der Waals surface area contributed by atoms with Gasteiger partial charge in [0.05, 0.1) is 16.7 Å². The lowest BCUT2D eigenvalue weighted by Gasteiger charge is -2.35. The van der Waals surface area contributed by atoms with E-state index < -0.39 is 15.4 Å². The van der Waals surface area contributed by atoms with Crippen molar-refractivity contribution in [1.29, 1.82) is 0 Å². The standard InChI is InChI=1S/C21H27NO3S/c1-3-5-13-21(4-2)15-26(24,25)19-12-11-17(23)14-18(19)20(22-21)16-9-7-6-8-10-16/h6-12,14,20,22-23H,3-5,13,15H2,1-2H3/t20-,21+/m0/s1. The molecule has 0 spiro atoms. The van der Waals surface area contributed by atoms with Crippen molar-refractivity contribution in [1.82, 2.24) is 5.32 Å². The van der Waals surface area contributed by atoms with Gasteiger partial charge in [0.2, 0.25) is 0 Å². The molecule has 0 amide bonds. The lowest BCUT2D eigenvalue weighted by Crippen LogP contribution is -2.50. The van der Waals surface area contributed by atoms with E-state index in [0.29, 0.717) is 10.5 Å². The van der Waals surface area contributed by atoms with Gasteiger partial charge in [0, 0.05) is 5.54 Å². The van der Waals surface area contributed by atoms with Crippen molar-refractivity contribution in [2.24, 2.45) is 0 Å². The Bertz CT molecular complexity index is 864. The predicted octanol–water partition coefficient (Wildman–Crippen LogP) is 4.20. The van der Waals surface area contributed by atoms with E-state index in [1.165, 1.54) is 6.07 Å². The zero-order valence-corrected chi connectivity index (χ0v) is 16.2. The highest BCUT2D eigenvalue weighted by atomic mass is 32.2. The van der Waals surface area contributed by atoms with Crippen molar-refractivity contribution in [2.45, 2.75) is 56.0 Å². The Morgan fingerprint density at radius 3 is 2.54 bits per heavy atom. The Hall–Kier alpha value is -1.85. The Labute approximate surface area is 156 Å². The first-order chi connectivity index (χ1) is 12.4. The molecule has 4 nitrogen and oxygen atoms in total. The van der Waals surface area contributed by atoms with Crippen molar-refractivity contribution in [3.63, 3.8) is 0 Å². The van der Waals surface area contributed by atoms with Crippen LogP contribution in [0, 0.1) is 0 Å². The third-order valence-electron chi connectivity index (χ3n) is 5.37. The van der Waals surface area contributed by atoms with Gasteiger partial charge in [-0.1, -0.05) is 57.0 Å². The Kier molecular flexibility index (Phi) is 5.39. The molecule has 1 aliphatic rings. The summed E-state index contributed by atoms with van der Waals surface area (Å²) in [6.07, 6.45) is 3.53. The average Bonchev–Trinajstić information content (AvgIpc) is 2.73. The zero-order valence-electron chi connectivity index (χ0n) is 15.4. The van der Waals surface area contributed by atoms with Gasteiger partial charge in [-0.3, -0.25) is 5.32 Å². The normalized spacial score (nSPS) is 24.6. The van der Waals surface area contributed by atoms with Gasteiger partial charge >= 0.3 is 0 Å². The molecular formula is C21H27NO3S. The first kappa shape index (κ1) is 18.9. The second-order valence-corrected chi connectivity index (χ2v) is 9.16. The Morgan fingerprint density at radius 2 is 1.88 bits per heavy atom. The van der Waals surface area contributed by atoms with Gasteiger partial charge in [-0.05, 0) is 42.2 Å². The highest BCUT2D eigenvalue weighted by molar-refractivity contribution is 7.91. The summed E-state index contributed by atoms with van der Waals surface area (Å²) < 4.78 is 26.4. The number of hydrogen-bond donors (Lipinski definition) is 2. The van der Waals surface area contributed by atoms with E-state index >= 15 is 0 Å². The van der Waals surface area contributed by atoms with Gasteiger partial charge < -0.3 is 5.11 Å². The molecule has 5 heteroatoms. The molecule has 26 heavy (non-hydrogen) atoms. The van der Waals surface area contributed by atoms with Crippen molar-refractivity contribution < 1.29 is 13.5 Å². The number of aromatic hydroxyl groups is 1. The maximum absolute atomic E-state index is 13.2. The van der Waals surface area contributed by atoms with Gasteiger partial charge in [0.25, 0.3) is 0 Å². The average molecular weight is 374 g/mol. The van der Waals surface area contributed by atoms with Crippen LogP contribution in [0.1, 0.15) is 56.7 Å². The highest BCUT2D eigenvalue weighted by Gasteiger charge is 2.41. The molecule has 0 saturated heterocycles. The maximum atomic E-state index is 13.2. The SMILES string of the molecule is CCCC[C@]1(CC)CS(=O)(=O)c2ccc(O)cc2[C@H](c2ccccc2)N1. The fourth-order valence-corrected chi connectivity index (χ4v) is 5.99. The molecule has 0 bridgehead atoms. The molecule has 3 rings (SSSR count). The number of rotatable bonds is 5. The van der Waals surface area contributed by atoms with Crippen LogP contribution in [0.15, 0.2) is 53.4 Å². The minimum absolute atomic E-state index is 0.0810. The van der Waals surface area contributed by atoms with Crippen molar-refractivity contribution >= 4 is 9.84 Å². The summed E-state index contributed by atoms with van der Waals surface area (Å²) in [6.45, 7) is 4.17. The molecular weight excluding hydrogens is 346 g/mol. The van der Waals surface area contributed by atoms with E-state index in [9.17, 15) is 13.5 Å². The van der Waals surface area contributed by atoms with Crippen LogP contribution in [-0.4, -0.2) is 24.8 Å². The first-order valence-corrected chi connectivity index (χ1v) is 10.9. The summed E-state index contributed by atoms with van der Waals surface area (Å²) >= 11 is 0. The molecule has 0 aromatic heterocycles. The molecule has 140 valence electrons. The lowest BCUT2D eigenvalue weighted by atomic mass is 9.88. The van der Waals surface area contributed by atoms with Crippen LogP contribution in [0.2, 0.25) is 0 Å². The molecule has 2 atom stereocenters. The van der Waals surface area contributed by atoms with Crippen molar-refractivity contribution in [3.05, 3.63) is 59.7 Å². The quantitative estimate of drug-likeness (QED) is 0.824. The number of unbranched alkanes of at least 4 members (excludes halogenated alkanes) is 1. The summed E-state index contributed by atoms with van der Waals surface area (Å²) in [4.78, 5) is 0.323. The second kappa shape index (κ2) is 7.41. The predicted molar refractivity (Wildman–Crippen MR) is 104 cm³/mol. The number of fused-ring (bicyclic) bond motifs is 1. The van der Waals surface area contributed by atoms with E-state index in [0.717, 1.165) is 31.2 Å². The molecule has 0 fully saturated rings. The summed E-state index contributed by atoms with van der Waals surface area (Å²) in [7, 11) is -3.46. The van der Waals surface area contributed by atoms with Crippen molar-refractivity contribution in [2.75, 3.05) is 5.75 Å². The van der Waals surface area contributed by atoms with Crippen LogP contribution in [0.25, 0.3) is 0 Å². The zero-order chi connectivity index (χ0) is 18.8. The van der Waals surface area contributed by atoms with Crippen LogP contribution in [0.4, 0.5) is 0 Å². The second-order valence-electron chi connectivity index (χ2n) is 7.21. The number of phenolic OH excluding ortho intramolecular Hbond substituents is 1. The fourth-order valence-electron chi connectivity index (χ4n) is 3.86. The molecule has 2 N–H and O–H groups in total. The molecule has 1 heterocycles. The molecule has 0 radical (unpaired) electrons. The summed E-state index contributed by atoms with van der Waals surface area (Å²) in [5.74, 6) is 0.164. The molecule has 0 aliphatic carbocycles. The number of sulfone groups is 1. The third-order valence-corrected chi connectivity index (χ3v) is 7.35. The smallest absolute Gasteiger partial charge is 0.180 e. The Morgan fingerprint density at radius 1 is 1.15 bits per heavy atom. The molecule has 1 aliphatic heterocycles. The van der Waals surface area contributed by atoms with E-state index in [1.807, 2.05) is 37.3 Å². The molecule has 2 aromatic rings. The van der Waals surface area contributed by atoms with E-state index in [1.54, 1.807) is 12.1 Å². The van der Waals surface area contributed by atoms with Crippen LogP contribution in [-0.2, 0) is 9.84 Å². The van der Waals surface area contributed by atoms with Gasteiger partial charge in [0.1, 0.15) is 5.75 Å². The van der Waals surface area contributed by atoms with Crippen LogP contribution < -0.4 is 5.32 Å². The van der Waals surface area contributed by atoms with E-state index in [-0.39, 0.29) is 17.5 Å². The number of nitrogens with one attached hydrogen (secondary N) is 1. The first-order valence-electron chi connectivity index (χ1n) is 9.29. The lowest BCUT2D eigenvalue weighted by molar-refractivity contribution is 0.294. The fraction of sp³-hybridized carbons (Fsp3) is 0.429. The highest BCUT2D eigenvalue weighted by Crippen LogP contribution is 2.39. The number of phenols is 1. The minimum Gasteiger partial charge on any atom is -0.508 e. The molecule has 0 saturated carbocycles. The molecule has 2 aromatic carbocycles.